The lowest BCUT2D eigenvalue weighted by Crippen LogP contribution is -2.44. The molecule has 2 saturated heterocycles. The summed E-state index contributed by atoms with van der Waals surface area (Å²) >= 11 is 0. The average Bonchev–Trinajstić information content (AvgIpc) is 3.07. The molecule has 0 aromatic heterocycles. The van der Waals surface area contributed by atoms with Crippen LogP contribution in [0.2, 0.25) is 0 Å². The lowest BCUT2D eigenvalue weighted by atomic mass is 10.1. The summed E-state index contributed by atoms with van der Waals surface area (Å²) in [6.45, 7) is 5.86. The van der Waals surface area contributed by atoms with Gasteiger partial charge >= 0.3 is 0 Å². The molecule has 0 aliphatic carbocycles. The number of likely N-dealkylation sites (N-methyl/N-ethyl adjacent to an activating group) is 1. The van der Waals surface area contributed by atoms with Crippen LogP contribution in [0.25, 0.3) is 0 Å². The van der Waals surface area contributed by atoms with E-state index in [-0.39, 0.29) is 11.9 Å². The second-order valence-corrected chi connectivity index (χ2v) is 6.54. The van der Waals surface area contributed by atoms with Crippen LogP contribution in [0.1, 0.15) is 25.7 Å². The molecule has 0 saturated carbocycles. The van der Waals surface area contributed by atoms with Crippen molar-refractivity contribution in [3.63, 3.8) is 0 Å². The fourth-order valence-corrected chi connectivity index (χ4v) is 3.45. The molecule has 2 fully saturated rings. The molecule has 2 unspecified atom stereocenters. The van der Waals surface area contributed by atoms with Gasteiger partial charge in [-0.25, -0.2) is 0 Å². The Morgan fingerprint density at radius 1 is 1.35 bits per heavy atom. The Kier molecular flexibility index (Phi) is 5.81. The lowest BCUT2D eigenvalue weighted by molar-refractivity contribution is -0.131. The largest absolute Gasteiger partial charge is 0.343 e. The molecule has 1 amide bonds. The van der Waals surface area contributed by atoms with Crippen LogP contribution in [-0.2, 0) is 4.79 Å². The van der Waals surface area contributed by atoms with E-state index in [1.807, 2.05) is 4.90 Å². The normalized spacial score (nSPS) is 25.6. The summed E-state index contributed by atoms with van der Waals surface area (Å²) < 4.78 is 0. The maximum Gasteiger partial charge on any atom is 0.224 e. The standard InChI is InChI=1S/C15H30N4O/c1-17-8-5-13(11-17)12-18(2)14(10-16)9-15(20)19-6-3-4-7-19/h13-14H,3-12,16H2,1-2H3. The van der Waals surface area contributed by atoms with E-state index in [4.69, 9.17) is 5.73 Å². The van der Waals surface area contributed by atoms with Gasteiger partial charge in [0, 0.05) is 45.2 Å². The van der Waals surface area contributed by atoms with Crippen molar-refractivity contribution in [2.45, 2.75) is 31.7 Å². The van der Waals surface area contributed by atoms with Gasteiger partial charge in [-0.1, -0.05) is 0 Å². The van der Waals surface area contributed by atoms with Gasteiger partial charge in [-0.05, 0) is 45.8 Å². The van der Waals surface area contributed by atoms with E-state index >= 15 is 0 Å². The highest BCUT2D eigenvalue weighted by atomic mass is 16.2. The number of carbonyl (C=O) groups is 1. The molecule has 2 aliphatic heterocycles. The highest BCUT2D eigenvalue weighted by Crippen LogP contribution is 2.17. The number of nitrogens with two attached hydrogens (primary N) is 1. The molecule has 2 atom stereocenters. The fourth-order valence-electron chi connectivity index (χ4n) is 3.45. The molecule has 2 heterocycles. The molecule has 0 aromatic carbocycles. The predicted octanol–water partition coefficient (Wildman–Crippen LogP) is 0.210. The van der Waals surface area contributed by atoms with Crippen LogP contribution in [0.4, 0.5) is 0 Å². The summed E-state index contributed by atoms with van der Waals surface area (Å²) in [5.41, 5.74) is 5.90. The van der Waals surface area contributed by atoms with E-state index in [0.29, 0.717) is 13.0 Å². The SMILES string of the molecule is CN1CCC(CN(C)C(CN)CC(=O)N2CCCC2)C1. The maximum absolute atomic E-state index is 12.2. The molecule has 20 heavy (non-hydrogen) atoms. The third-order valence-corrected chi connectivity index (χ3v) is 4.80. The Hall–Kier alpha value is -0.650. The minimum Gasteiger partial charge on any atom is -0.343 e. The zero-order valence-corrected chi connectivity index (χ0v) is 13.1. The van der Waals surface area contributed by atoms with Crippen molar-refractivity contribution >= 4 is 5.91 Å². The van der Waals surface area contributed by atoms with Crippen LogP contribution in [0.15, 0.2) is 0 Å². The Labute approximate surface area is 123 Å². The third-order valence-electron chi connectivity index (χ3n) is 4.80. The van der Waals surface area contributed by atoms with Crippen LogP contribution < -0.4 is 5.73 Å². The van der Waals surface area contributed by atoms with E-state index in [1.54, 1.807) is 0 Å². The highest BCUT2D eigenvalue weighted by Gasteiger charge is 2.26. The Balaban J connectivity index is 1.79. The predicted molar refractivity (Wildman–Crippen MR) is 81.5 cm³/mol. The Morgan fingerprint density at radius 3 is 2.60 bits per heavy atom. The van der Waals surface area contributed by atoms with Crippen LogP contribution in [0.3, 0.4) is 0 Å². The minimum absolute atomic E-state index is 0.189. The lowest BCUT2D eigenvalue weighted by Gasteiger charge is -2.30. The van der Waals surface area contributed by atoms with Gasteiger partial charge in [0.15, 0.2) is 0 Å². The molecule has 5 heteroatoms. The first-order valence-corrected chi connectivity index (χ1v) is 7.96. The minimum atomic E-state index is 0.189. The van der Waals surface area contributed by atoms with E-state index in [0.717, 1.165) is 38.4 Å². The number of hydrogen-bond donors (Lipinski definition) is 1. The van der Waals surface area contributed by atoms with Gasteiger partial charge in [0.25, 0.3) is 0 Å². The van der Waals surface area contributed by atoms with Crippen molar-refractivity contribution in [2.75, 3.05) is 53.4 Å². The first kappa shape index (κ1) is 15.7. The zero-order valence-electron chi connectivity index (χ0n) is 13.1. The second kappa shape index (κ2) is 7.38. The summed E-state index contributed by atoms with van der Waals surface area (Å²) in [6, 6.07) is 0.189. The smallest absolute Gasteiger partial charge is 0.224 e. The summed E-state index contributed by atoms with van der Waals surface area (Å²) in [7, 11) is 4.30. The number of rotatable bonds is 6. The topological polar surface area (TPSA) is 52.8 Å². The molecule has 0 aromatic rings. The van der Waals surface area contributed by atoms with Crippen LogP contribution in [0.5, 0.6) is 0 Å². The number of likely N-dealkylation sites (tertiary alicyclic amines) is 2. The molecule has 0 bridgehead atoms. The van der Waals surface area contributed by atoms with Crippen molar-refractivity contribution < 1.29 is 4.79 Å². The van der Waals surface area contributed by atoms with Gasteiger partial charge in [0.2, 0.25) is 5.91 Å². The van der Waals surface area contributed by atoms with Gasteiger partial charge < -0.3 is 20.4 Å². The average molecular weight is 282 g/mol. The Morgan fingerprint density at radius 2 is 2.05 bits per heavy atom. The van der Waals surface area contributed by atoms with E-state index in [1.165, 1.54) is 19.5 Å². The van der Waals surface area contributed by atoms with Crippen molar-refractivity contribution in [3.05, 3.63) is 0 Å². The van der Waals surface area contributed by atoms with Crippen LogP contribution in [-0.4, -0.2) is 80.0 Å². The molecule has 0 radical (unpaired) electrons. The van der Waals surface area contributed by atoms with Crippen molar-refractivity contribution in [3.8, 4) is 0 Å². The fraction of sp³-hybridized carbons (Fsp3) is 0.933. The van der Waals surface area contributed by atoms with Gasteiger partial charge in [-0.2, -0.15) is 0 Å². The monoisotopic (exact) mass is 282 g/mol. The van der Waals surface area contributed by atoms with Crippen molar-refractivity contribution in [1.82, 2.24) is 14.7 Å². The first-order valence-electron chi connectivity index (χ1n) is 7.96. The quantitative estimate of drug-likeness (QED) is 0.757. The van der Waals surface area contributed by atoms with Crippen LogP contribution in [0, 0.1) is 5.92 Å². The summed E-state index contributed by atoms with van der Waals surface area (Å²) in [6.07, 6.45) is 4.15. The molecular formula is C15H30N4O. The summed E-state index contributed by atoms with van der Waals surface area (Å²) in [4.78, 5) is 18.9. The molecule has 2 N–H and O–H groups in total. The van der Waals surface area contributed by atoms with E-state index in [2.05, 4.69) is 23.9 Å². The van der Waals surface area contributed by atoms with Gasteiger partial charge in [0.1, 0.15) is 0 Å². The number of amides is 1. The maximum atomic E-state index is 12.2. The van der Waals surface area contributed by atoms with Crippen molar-refractivity contribution in [2.24, 2.45) is 11.7 Å². The molecule has 2 rings (SSSR count). The molecule has 2 aliphatic rings. The molecular weight excluding hydrogens is 252 g/mol. The van der Waals surface area contributed by atoms with Gasteiger partial charge in [-0.15, -0.1) is 0 Å². The number of hydrogen-bond acceptors (Lipinski definition) is 4. The summed E-state index contributed by atoms with van der Waals surface area (Å²) in [5.74, 6) is 1.01. The Bertz CT molecular complexity index is 317. The van der Waals surface area contributed by atoms with Gasteiger partial charge in [-0.3, -0.25) is 4.79 Å². The second-order valence-electron chi connectivity index (χ2n) is 6.54. The highest BCUT2D eigenvalue weighted by molar-refractivity contribution is 5.77. The summed E-state index contributed by atoms with van der Waals surface area (Å²) in [5, 5.41) is 0. The third kappa shape index (κ3) is 4.17. The number of nitrogens with zero attached hydrogens (tertiary/aromatic N) is 3. The van der Waals surface area contributed by atoms with Gasteiger partial charge in [0.05, 0.1) is 0 Å². The molecule has 116 valence electrons. The molecule has 5 nitrogen and oxygen atoms in total. The van der Waals surface area contributed by atoms with E-state index in [9.17, 15) is 4.79 Å². The van der Waals surface area contributed by atoms with Crippen LogP contribution >= 0.6 is 0 Å². The zero-order chi connectivity index (χ0) is 14.5. The van der Waals surface area contributed by atoms with E-state index < -0.39 is 0 Å². The molecule has 0 spiro atoms. The number of carbonyl (C=O) groups excluding carboxylic acids is 1. The van der Waals surface area contributed by atoms with Crippen molar-refractivity contribution in [1.29, 1.82) is 0 Å². The first-order chi connectivity index (χ1) is 9.60.